The lowest BCUT2D eigenvalue weighted by Gasteiger charge is -2.17. The quantitative estimate of drug-likeness (QED) is 0.880. The van der Waals surface area contributed by atoms with Gasteiger partial charge in [-0.15, -0.1) is 0 Å². The van der Waals surface area contributed by atoms with Gasteiger partial charge in [0.25, 0.3) is 0 Å². The van der Waals surface area contributed by atoms with E-state index < -0.39 is 15.1 Å². The first kappa shape index (κ1) is 17.3. The van der Waals surface area contributed by atoms with Gasteiger partial charge in [0.05, 0.1) is 11.2 Å². The molecule has 0 saturated heterocycles. The third-order valence-corrected chi connectivity index (χ3v) is 5.65. The Hall–Kier alpha value is -2.08. The molecule has 1 N–H and O–H groups in total. The third kappa shape index (κ3) is 4.01. The Morgan fingerprint density at radius 3 is 2.35 bits per heavy atom. The molecule has 0 saturated carbocycles. The van der Waals surface area contributed by atoms with Crippen molar-refractivity contribution in [2.45, 2.75) is 30.9 Å². The van der Waals surface area contributed by atoms with E-state index in [4.69, 9.17) is 4.42 Å². The summed E-state index contributed by atoms with van der Waals surface area (Å²) in [5.74, 6) is -0.0929. The van der Waals surface area contributed by atoms with E-state index in [2.05, 4.69) is 5.32 Å². The van der Waals surface area contributed by atoms with Crippen LogP contribution in [0.5, 0.6) is 0 Å². The zero-order chi connectivity index (χ0) is 17.0. The van der Waals surface area contributed by atoms with Crippen LogP contribution in [-0.4, -0.2) is 20.9 Å². The van der Waals surface area contributed by atoms with Crippen molar-refractivity contribution in [2.75, 3.05) is 6.54 Å². The molecule has 0 fully saturated rings. The van der Waals surface area contributed by atoms with Crippen LogP contribution < -0.4 is 5.32 Å². The van der Waals surface area contributed by atoms with E-state index in [1.807, 2.05) is 6.92 Å². The lowest BCUT2D eigenvalue weighted by atomic mass is 10.2. The van der Waals surface area contributed by atoms with E-state index in [0.29, 0.717) is 5.76 Å². The summed E-state index contributed by atoms with van der Waals surface area (Å²) < 4.78 is 31.1. The van der Waals surface area contributed by atoms with E-state index >= 15 is 0 Å². The minimum absolute atomic E-state index is 0.0270. The second kappa shape index (κ2) is 7.00. The van der Waals surface area contributed by atoms with Crippen LogP contribution in [0.4, 0.5) is 0 Å². The van der Waals surface area contributed by atoms with Gasteiger partial charge in [0, 0.05) is 12.5 Å². The predicted molar refractivity (Wildman–Crippen MR) is 87.7 cm³/mol. The van der Waals surface area contributed by atoms with E-state index in [0.717, 1.165) is 5.56 Å². The zero-order valence-electron chi connectivity index (χ0n) is 13.4. The molecule has 23 heavy (non-hydrogen) atoms. The van der Waals surface area contributed by atoms with Crippen molar-refractivity contribution >= 4 is 15.7 Å². The van der Waals surface area contributed by atoms with Gasteiger partial charge in [-0.25, -0.2) is 8.42 Å². The number of hydrogen-bond donors (Lipinski definition) is 1. The molecule has 6 heteroatoms. The van der Waals surface area contributed by atoms with Crippen LogP contribution in [0.3, 0.4) is 0 Å². The number of nitrogens with one attached hydrogen (secondary N) is 1. The summed E-state index contributed by atoms with van der Waals surface area (Å²) in [4.78, 5) is 12.0. The standard InChI is InChI=1S/C17H21NO4S/c1-12(2)17(19)18-11-16(15-5-4-10-22-15)23(20,21)14-8-6-13(3)7-9-14/h4-10,12,16H,11H2,1-3H3,(H,18,19)/t16-/m0/s1. The number of furan rings is 1. The van der Waals surface area contributed by atoms with Gasteiger partial charge >= 0.3 is 0 Å². The van der Waals surface area contributed by atoms with Gasteiger partial charge in [-0.3, -0.25) is 4.79 Å². The van der Waals surface area contributed by atoms with Crippen molar-refractivity contribution in [3.8, 4) is 0 Å². The lowest BCUT2D eigenvalue weighted by Crippen LogP contribution is -2.34. The summed E-state index contributed by atoms with van der Waals surface area (Å²) in [6, 6.07) is 9.89. The fourth-order valence-corrected chi connectivity index (χ4v) is 3.71. The molecule has 0 unspecified atom stereocenters. The number of sulfone groups is 1. The Labute approximate surface area is 136 Å². The molecule has 1 atom stereocenters. The summed E-state index contributed by atoms with van der Waals surface area (Å²) in [6.07, 6.45) is 1.43. The Morgan fingerprint density at radius 1 is 1.17 bits per heavy atom. The molecule has 2 rings (SSSR count). The van der Waals surface area contributed by atoms with Gasteiger partial charge in [0.15, 0.2) is 9.84 Å². The van der Waals surface area contributed by atoms with E-state index in [1.165, 1.54) is 6.26 Å². The Balaban J connectivity index is 2.33. The Morgan fingerprint density at radius 2 is 1.83 bits per heavy atom. The number of carbonyl (C=O) groups is 1. The maximum absolute atomic E-state index is 12.9. The molecule has 0 aliphatic carbocycles. The van der Waals surface area contributed by atoms with E-state index in [-0.39, 0.29) is 23.3 Å². The van der Waals surface area contributed by atoms with Gasteiger partial charge in [-0.05, 0) is 31.2 Å². The highest BCUT2D eigenvalue weighted by molar-refractivity contribution is 7.91. The van der Waals surface area contributed by atoms with Crippen LogP contribution in [-0.2, 0) is 14.6 Å². The van der Waals surface area contributed by atoms with Gasteiger partial charge in [-0.1, -0.05) is 31.5 Å². The highest BCUT2D eigenvalue weighted by Gasteiger charge is 2.31. The van der Waals surface area contributed by atoms with E-state index in [9.17, 15) is 13.2 Å². The fraction of sp³-hybridized carbons (Fsp3) is 0.353. The third-order valence-electron chi connectivity index (χ3n) is 3.57. The van der Waals surface area contributed by atoms with Crippen LogP contribution in [0.1, 0.15) is 30.4 Å². The van der Waals surface area contributed by atoms with Gasteiger partial charge in [0.1, 0.15) is 11.0 Å². The lowest BCUT2D eigenvalue weighted by molar-refractivity contribution is -0.123. The van der Waals surface area contributed by atoms with Crippen LogP contribution in [0.15, 0.2) is 52.0 Å². The number of rotatable bonds is 6. The molecule has 1 heterocycles. The monoisotopic (exact) mass is 335 g/mol. The molecule has 1 aromatic carbocycles. The van der Waals surface area contributed by atoms with Gasteiger partial charge < -0.3 is 9.73 Å². The minimum atomic E-state index is -3.67. The average molecular weight is 335 g/mol. The Kier molecular flexibility index (Phi) is 5.26. The average Bonchev–Trinajstić information content (AvgIpc) is 3.01. The maximum Gasteiger partial charge on any atom is 0.222 e. The molecule has 0 aliphatic rings. The predicted octanol–water partition coefficient (Wildman–Crippen LogP) is 2.88. The number of benzene rings is 1. The highest BCUT2D eigenvalue weighted by atomic mass is 32.2. The molecule has 0 bridgehead atoms. The van der Waals surface area contributed by atoms with Crippen molar-refractivity contribution in [3.05, 3.63) is 54.0 Å². The first-order chi connectivity index (χ1) is 10.8. The number of hydrogen-bond acceptors (Lipinski definition) is 4. The summed E-state index contributed by atoms with van der Waals surface area (Å²) in [7, 11) is -3.67. The normalized spacial score (nSPS) is 13.0. The molecule has 0 aliphatic heterocycles. The molecule has 0 spiro atoms. The zero-order valence-corrected chi connectivity index (χ0v) is 14.3. The number of aryl methyl sites for hydroxylation is 1. The SMILES string of the molecule is Cc1ccc(S(=O)(=O)[C@@H](CNC(=O)C(C)C)c2ccco2)cc1. The van der Waals surface area contributed by atoms with E-state index in [1.54, 1.807) is 50.2 Å². The fourth-order valence-electron chi connectivity index (χ4n) is 2.13. The molecular formula is C17H21NO4S. The summed E-state index contributed by atoms with van der Waals surface area (Å²) in [5, 5.41) is 1.72. The minimum Gasteiger partial charge on any atom is -0.468 e. The largest absolute Gasteiger partial charge is 0.468 e. The second-order valence-electron chi connectivity index (χ2n) is 5.76. The van der Waals surface area contributed by atoms with Crippen LogP contribution >= 0.6 is 0 Å². The summed E-state index contributed by atoms with van der Waals surface area (Å²) >= 11 is 0. The molecule has 0 radical (unpaired) electrons. The van der Waals surface area contributed by atoms with Crippen molar-refractivity contribution in [1.29, 1.82) is 0 Å². The first-order valence-electron chi connectivity index (χ1n) is 7.44. The molecule has 1 amide bonds. The molecule has 2 aromatic rings. The smallest absolute Gasteiger partial charge is 0.222 e. The van der Waals surface area contributed by atoms with Crippen molar-refractivity contribution in [1.82, 2.24) is 5.32 Å². The molecule has 124 valence electrons. The maximum atomic E-state index is 12.9. The highest BCUT2D eigenvalue weighted by Crippen LogP contribution is 2.29. The van der Waals surface area contributed by atoms with Crippen LogP contribution in [0.25, 0.3) is 0 Å². The van der Waals surface area contributed by atoms with Crippen molar-refractivity contribution in [2.24, 2.45) is 5.92 Å². The Bertz CT molecular complexity index is 746. The van der Waals surface area contributed by atoms with Crippen molar-refractivity contribution in [3.63, 3.8) is 0 Å². The van der Waals surface area contributed by atoms with Gasteiger partial charge in [0.2, 0.25) is 5.91 Å². The van der Waals surface area contributed by atoms with Gasteiger partial charge in [-0.2, -0.15) is 0 Å². The summed E-state index contributed by atoms with van der Waals surface area (Å²) in [5.41, 5.74) is 0.978. The topological polar surface area (TPSA) is 76.4 Å². The number of amides is 1. The molecule has 5 nitrogen and oxygen atoms in total. The first-order valence-corrected chi connectivity index (χ1v) is 8.98. The second-order valence-corrected chi connectivity index (χ2v) is 7.89. The molecular weight excluding hydrogens is 314 g/mol. The number of carbonyl (C=O) groups excluding carboxylic acids is 1. The van der Waals surface area contributed by atoms with Crippen molar-refractivity contribution < 1.29 is 17.6 Å². The summed E-state index contributed by atoms with van der Waals surface area (Å²) in [6.45, 7) is 5.38. The van der Waals surface area contributed by atoms with Crippen LogP contribution in [0, 0.1) is 12.8 Å². The van der Waals surface area contributed by atoms with Crippen LogP contribution in [0.2, 0.25) is 0 Å². The molecule has 1 aromatic heterocycles.